The lowest BCUT2D eigenvalue weighted by molar-refractivity contribution is 0.690. The van der Waals surface area contributed by atoms with E-state index in [1.807, 2.05) is 54.3 Å². The van der Waals surface area contributed by atoms with Crippen LogP contribution in [0.25, 0.3) is 10.7 Å². The van der Waals surface area contributed by atoms with Crippen LogP contribution in [0.4, 0.5) is 10.9 Å². The normalized spacial score (nSPS) is 11.0. The van der Waals surface area contributed by atoms with Gasteiger partial charge in [-0.3, -0.25) is 9.36 Å². The van der Waals surface area contributed by atoms with Crippen LogP contribution in [0.5, 0.6) is 0 Å². The smallest absolute Gasteiger partial charge is 0.211 e. The summed E-state index contributed by atoms with van der Waals surface area (Å²) in [6.45, 7) is 0.609. The van der Waals surface area contributed by atoms with Gasteiger partial charge in [0.25, 0.3) is 0 Å². The topological polar surface area (TPSA) is 73.5 Å². The number of aryl methyl sites for hydroxylation is 1. The highest BCUT2D eigenvalue weighted by Crippen LogP contribution is 2.27. The maximum absolute atomic E-state index is 6.19. The molecule has 0 aliphatic carbocycles. The van der Waals surface area contributed by atoms with Crippen LogP contribution in [-0.2, 0) is 13.6 Å². The number of hydrogen-bond acceptors (Lipinski definition) is 6. The van der Waals surface area contributed by atoms with E-state index in [0.717, 1.165) is 21.3 Å². The summed E-state index contributed by atoms with van der Waals surface area (Å²) in [5.41, 5.74) is 1.95. The number of hydrogen-bond donors (Lipinski definition) is 1. The van der Waals surface area contributed by atoms with Gasteiger partial charge < -0.3 is 5.32 Å². The molecule has 0 unspecified atom stereocenters. The van der Waals surface area contributed by atoms with Crippen LogP contribution >= 0.6 is 22.9 Å². The summed E-state index contributed by atoms with van der Waals surface area (Å²) < 4.78 is 3.59. The lowest BCUT2D eigenvalue weighted by Crippen LogP contribution is -2.01. The second-order valence-electron chi connectivity index (χ2n) is 5.37. The van der Waals surface area contributed by atoms with Gasteiger partial charge in [0.15, 0.2) is 10.8 Å². The first kappa shape index (κ1) is 15.8. The Morgan fingerprint density at radius 3 is 2.84 bits per heavy atom. The van der Waals surface area contributed by atoms with Gasteiger partial charge in [-0.05, 0) is 17.7 Å². The quantitative estimate of drug-likeness (QED) is 0.580. The van der Waals surface area contributed by atoms with Gasteiger partial charge in [-0.15, -0.1) is 10.2 Å². The molecule has 0 atom stereocenters. The maximum atomic E-state index is 6.19. The maximum Gasteiger partial charge on any atom is 0.211 e. The fraction of sp³-hybridized carbons (Fsp3) is 0.125. The molecule has 0 aliphatic heterocycles. The van der Waals surface area contributed by atoms with Crippen molar-refractivity contribution in [2.45, 2.75) is 6.54 Å². The molecule has 0 fully saturated rings. The van der Waals surface area contributed by atoms with E-state index in [-0.39, 0.29) is 0 Å². The van der Waals surface area contributed by atoms with E-state index >= 15 is 0 Å². The first-order valence-corrected chi connectivity index (χ1v) is 8.74. The number of nitrogens with one attached hydrogen (secondary N) is 1. The molecule has 0 amide bonds. The minimum Gasteiger partial charge on any atom is -0.313 e. The van der Waals surface area contributed by atoms with Crippen LogP contribution in [0.15, 0.2) is 48.8 Å². The predicted octanol–water partition coefficient (Wildman–Crippen LogP) is 3.58. The van der Waals surface area contributed by atoms with E-state index < -0.39 is 0 Å². The highest BCUT2D eigenvalue weighted by molar-refractivity contribution is 7.18. The van der Waals surface area contributed by atoms with Gasteiger partial charge in [-0.1, -0.05) is 41.1 Å². The minimum absolute atomic E-state index is 0.609. The summed E-state index contributed by atoms with van der Waals surface area (Å²) in [6, 6.07) is 11.5. The van der Waals surface area contributed by atoms with Gasteiger partial charge in [0.2, 0.25) is 5.13 Å². The summed E-state index contributed by atoms with van der Waals surface area (Å²) in [5, 5.41) is 22.4. The second kappa shape index (κ2) is 6.66. The first-order chi connectivity index (χ1) is 12.2. The third-order valence-electron chi connectivity index (χ3n) is 3.63. The Morgan fingerprint density at radius 1 is 1.16 bits per heavy atom. The summed E-state index contributed by atoms with van der Waals surface area (Å²) in [5.74, 6) is 0.708. The molecule has 1 aromatic carbocycles. The molecule has 0 spiro atoms. The molecule has 9 heteroatoms. The van der Waals surface area contributed by atoms with Crippen molar-refractivity contribution in [1.29, 1.82) is 0 Å². The predicted molar refractivity (Wildman–Crippen MR) is 98.2 cm³/mol. The number of anilines is 2. The molecular formula is C16H14ClN7S. The molecule has 0 aliphatic rings. The van der Waals surface area contributed by atoms with Gasteiger partial charge in [0.1, 0.15) is 0 Å². The Balaban J connectivity index is 1.48. The first-order valence-electron chi connectivity index (χ1n) is 7.55. The molecule has 126 valence electrons. The van der Waals surface area contributed by atoms with Crippen LogP contribution in [0.2, 0.25) is 5.02 Å². The van der Waals surface area contributed by atoms with Gasteiger partial charge >= 0.3 is 0 Å². The fourth-order valence-corrected chi connectivity index (χ4v) is 3.39. The highest BCUT2D eigenvalue weighted by atomic mass is 35.5. The monoisotopic (exact) mass is 371 g/mol. The van der Waals surface area contributed by atoms with Gasteiger partial charge in [-0.2, -0.15) is 10.2 Å². The molecule has 25 heavy (non-hydrogen) atoms. The van der Waals surface area contributed by atoms with E-state index in [1.165, 1.54) is 11.3 Å². The molecule has 0 saturated carbocycles. The molecule has 0 bridgehead atoms. The van der Waals surface area contributed by atoms with Crippen LogP contribution < -0.4 is 5.32 Å². The average molecular weight is 372 g/mol. The van der Waals surface area contributed by atoms with Crippen LogP contribution in [0.3, 0.4) is 0 Å². The molecule has 3 heterocycles. The Labute approximate surface area is 152 Å². The molecule has 3 aromatic heterocycles. The van der Waals surface area contributed by atoms with Gasteiger partial charge in [0, 0.05) is 30.5 Å². The Hall–Kier alpha value is -2.71. The number of nitrogens with zero attached hydrogens (tertiary/aromatic N) is 6. The standard InChI is InChI=1S/C16H14ClN7S/c1-23-13(6-8-18-23)15-20-21-16(25-15)19-14-7-9-24(22-14)10-11-4-2-3-5-12(11)17/h2-9H,10H2,1H3,(H,19,21,22). The number of benzene rings is 1. The van der Waals surface area contributed by atoms with Crippen molar-refractivity contribution in [1.82, 2.24) is 29.8 Å². The third kappa shape index (κ3) is 3.40. The van der Waals surface area contributed by atoms with Crippen LogP contribution in [-0.4, -0.2) is 29.8 Å². The lowest BCUT2D eigenvalue weighted by Gasteiger charge is -2.04. The molecule has 7 nitrogen and oxygen atoms in total. The molecular weight excluding hydrogens is 358 g/mol. The zero-order chi connectivity index (χ0) is 17.2. The second-order valence-corrected chi connectivity index (χ2v) is 6.75. The van der Waals surface area contributed by atoms with E-state index in [1.54, 1.807) is 10.9 Å². The van der Waals surface area contributed by atoms with E-state index in [4.69, 9.17) is 11.6 Å². The Morgan fingerprint density at radius 2 is 2.04 bits per heavy atom. The van der Waals surface area contributed by atoms with E-state index in [0.29, 0.717) is 17.5 Å². The molecule has 4 aromatic rings. The lowest BCUT2D eigenvalue weighted by atomic mass is 10.2. The molecule has 4 rings (SSSR count). The van der Waals surface area contributed by atoms with Crippen molar-refractivity contribution in [2.75, 3.05) is 5.32 Å². The van der Waals surface area contributed by atoms with Crippen molar-refractivity contribution >= 4 is 33.9 Å². The summed E-state index contributed by atoms with van der Waals surface area (Å²) >= 11 is 7.65. The number of aromatic nitrogens is 6. The van der Waals surface area contributed by atoms with Crippen molar-refractivity contribution in [3.05, 3.63) is 59.4 Å². The van der Waals surface area contributed by atoms with Crippen LogP contribution in [0, 0.1) is 0 Å². The Bertz CT molecular complexity index is 1000. The van der Waals surface area contributed by atoms with E-state index in [2.05, 4.69) is 25.7 Å². The number of rotatable bonds is 5. The molecule has 0 radical (unpaired) electrons. The molecule has 1 N–H and O–H groups in total. The highest BCUT2D eigenvalue weighted by Gasteiger charge is 2.11. The fourth-order valence-electron chi connectivity index (χ4n) is 2.39. The Kier molecular flexibility index (Phi) is 4.21. The van der Waals surface area contributed by atoms with Gasteiger partial charge in [-0.25, -0.2) is 0 Å². The zero-order valence-corrected chi connectivity index (χ0v) is 14.9. The summed E-state index contributed by atoms with van der Waals surface area (Å²) in [7, 11) is 1.88. The SMILES string of the molecule is Cn1nccc1-c1nnc(Nc2ccn(Cc3ccccc3Cl)n2)s1. The van der Waals surface area contributed by atoms with Crippen molar-refractivity contribution in [3.63, 3.8) is 0 Å². The molecule has 0 saturated heterocycles. The van der Waals surface area contributed by atoms with Crippen molar-refractivity contribution < 1.29 is 0 Å². The van der Waals surface area contributed by atoms with Crippen LogP contribution in [0.1, 0.15) is 5.56 Å². The van der Waals surface area contributed by atoms with Crippen molar-refractivity contribution in [2.24, 2.45) is 7.05 Å². The number of halogens is 1. The minimum atomic E-state index is 0.609. The average Bonchev–Trinajstić information content (AvgIpc) is 3.32. The largest absolute Gasteiger partial charge is 0.313 e. The third-order valence-corrected chi connectivity index (χ3v) is 4.86. The zero-order valence-electron chi connectivity index (χ0n) is 13.3. The van der Waals surface area contributed by atoms with E-state index in [9.17, 15) is 0 Å². The van der Waals surface area contributed by atoms with Gasteiger partial charge in [0.05, 0.1) is 12.2 Å². The summed E-state index contributed by atoms with van der Waals surface area (Å²) in [6.07, 6.45) is 3.63. The van der Waals surface area contributed by atoms with Crippen molar-refractivity contribution in [3.8, 4) is 10.7 Å². The summed E-state index contributed by atoms with van der Waals surface area (Å²) in [4.78, 5) is 0.